The Morgan fingerprint density at radius 2 is 2.12 bits per heavy atom. The van der Waals surface area contributed by atoms with E-state index in [2.05, 4.69) is 25.7 Å². The molecule has 0 saturated carbocycles. The van der Waals surface area contributed by atoms with E-state index in [1.807, 2.05) is 20.2 Å². The molecule has 2 heterocycles. The van der Waals surface area contributed by atoms with Crippen molar-refractivity contribution in [1.82, 2.24) is 30.4 Å². The van der Waals surface area contributed by atoms with Gasteiger partial charge in [-0.3, -0.25) is 10.5 Å². The number of rotatable bonds is 4. The van der Waals surface area contributed by atoms with Crippen LogP contribution in [0.3, 0.4) is 0 Å². The quantitative estimate of drug-likeness (QED) is 0.554. The molecule has 0 amide bonds. The largest absolute Gasteiger partial charge is 0.271 e. The highest BCUT2D eigenvalue weighted by molar-refractivity contribution is 5.07. The second-order valence-electron chi connectivity index (χ2n) is 3.93. The maximum atomic E-state index is 5.51. The third-order valence-electron chi connectivity index (χ3n) is 2.38. The highest BCUT2D eigenvalue weighted by atomic mass is 15.4. The molecule has 0 aliphatic rings. The van der Waals surface area contributed by atoms with E-state index >= 15 is 0 Å². The Morgan fingerprint density at radius 1 is 1.41 bits per heavy atom. The fraction of sp³-hybridized carbons (Fsp3) is 0.400. The van der Waals surface area contributed by atoms with Crippen LogP contribution in [0.1, 0.15) is 23.1 Å². The summed E-state index contributed by atoms with van der Waals surface area (Å²) in [5.41, 5.74) is 4.56. The van der Waals surface area contributed by atoms with Gasteiger partial charge in [-0.1, -0.05) is 5.21 Å². The molecule has 0 saturated heterocycles. The molecule has 2 rings (SSSR count). The van der Waals surface area contributed by atoms with Crippen LogP contribution in [0.15, 0.2) is 18.6 Å². The lowest BCUT2D eigenvalue weighted by molar-refractivity contribution is 0.516. The number of nitrogens with two attached hydrogens (primary N) is 1. The second-order valence-corrected chi connectivity index (χ2v) is 3.93. The average Bonchev–Trinajstić information content (AvgIpc) is 2.73. The minimum absolute atomic E-state index is 0.160. The molecule has 90 valence electrons. The minimum atomic E-state index is -0.160. The van der Waals surface area contributed by atoms with Gasteiger partial charge in [0, 0.05) is 32.1 Å². The van der Waals surface area contributed by atoms with Gasteiger partial charge in [0.2, 0.25) is 0 Å². The fourth-order valence-electron chi connectivity index (χ4n) is 1.51. The molecule has 2 aromatic heterocycles. The highest BCUT2D eigenvalue weighted by Crippen LogP contribution is 2.11. The van der Waals surface area contributed by atoms with Crippen molar-refractivity contribution in [3.05, 3.63) is 35.7 Å². The van der Waals surface area contributed by atoms with Gasteiger partial charge in [0.15, 0.2) is 0 Å². The van der Waals surface area contributed by atoms with Gasteiger partial charge in [-0.15, -0.1) is 5.10 Å². The third-order valence-corrected chi connectivity index (χ3v) is 2.38. The third kappa shape index (κ3) is 2.83. The zero-order valence-electron chi connectivity index (χ0n) is 9.83. The van der Waals surface area contributed by atoms with Gasteiger partial charge in [0.1, 0.15) is 5.82 Å². The highest BCUT2D eigenvalue weighted by Gasteiger charge is 2.15. The van der Waals surface area contributed by atoms with E-state index < -0.39 is 0 Å². The smallest absolute Gasteiger partial charge is 0.146 e. The van der Waals surface area contributed by atoms with E-state index in [4.69, 9.17) is 5.84 Å². The van der Waals surface area contributed by atoms with Gasteiger partial charge in [-0.2, -0.15) is 0 Å². The van der Waals surface area contributed by atoms with Crippen molar-refractivity contribution in [3.8, 4) is 0 Å². The van der Waals surface area contributed by atoms with E-state index in [1.165, 1.54) is 0 Å². The molecule has 3 N–H and O–H groups in total. The van der Waals surface area contributed by atoms with Gasteiger partial charge in [-0.25, -0.2) is 15.4 Å². The zero-order valence-corrected chi connectivity index (χ0v) is 9.83. The summed E-state index contributed by atoms with van der Waals surface area (Å²) in [7, 11) is 1.82. The first kappa shape index (κ1) is 11.6. The molecule has 0 bridgehead atoms. The summed E-state index contributed by atoms with van der Waals surface area (Å²) in [4.78, 5) is 8.49. The number of aromatic nitrogens is 5. The summed E-state index contributed by atoms with van der Waals surface area (Å²) in [6.07, 6.45) is 5.98. The van der Waals surface area contributed by atoms with Crippen LogP contribution < -0.4 is 11.3 Å². The van der Waals surface area contributed by atoms with E-state index in [1.54, 1.807) is 17.1 Å². The van der Waals surface area contributed by atoms with E-state index in [9.17, 15) is 0 Å². The molecule has 7 nitrogen and oxygen atoms in total. The SMILES string of the molecule is Cc1cnc(C(Cc2cn(C)nn2)NN)nc1. The summed E-state index contributed by atoms with van der Waals surface area (Å²) in [5.74, 6) is 6.17. The monoisotopic (exact) mass is 233 g/mol. The lowest BCUT2D eigenvalue weighted by Crippen LogP contribution is -2.31. The molecule has 17 heavy (non-hydrogen) atoms. The molecule has 1 atom stereocenters. The van der Waals surface area contributed by atoms with Crippen molar-refractivity contribution in [1.29, 1.82) is 0 Å². The van der Waals surface area contributed by atoms with Crippen molar-refractivity contribution in [3.63, 3.8) is 0 Å². The molecular weight excluding hydrogens is 218 g/mol. The van der Waals surface area contributed by atoms with Crippen LogP contribution in [-0.4, -0.2) is 25.0 Å². The molecular formula is C10H15N7. The molecule has 7 heteroatoms. The van der Waals surface area contributed by atoms with Crippen molar-refractivity contribution in [2.75, 3.05) is 0 Å². The van der Waals surface area contributed by atoms with Gasteiger partial charge in [0.05, 0.1) is 11.7 Å². The van der Waals surface area contributed by atoms with Crippen LogP contribution >= 0.6 is 0 Å². The van der Waals surface area contributed by atoms with Crippen molar-refractivity contribution in [2.45, 2.75) is 19.4 Å². The fourth-order valence-corrected chi connectivity index (χ4v) is 1.51. The zero-order chi connectivity index (χ0) is 12.3. The number of hydrogen-bond acceptors (Lipinski definition) is 6. The molecule has 0 radical (unpaired) electrons. The summed E-state index contributed by atoms with van der Waals surface area (Å²) in [5, 5.41) is 7.88. The Balaban J connectivity index is 2.13. The number of nitrogens with zero attached hydrogens (tertiary/aromatic N) is 5. The first-order valence-electron chi connectivity index (χ1n) is 5.29. The van der Waals surface area contributed by atoms with Crippen LogP contribution in [0.4, 0.5) is 0 Å². The molecule has 0 aromatic carbocycles. The van der Waals surface area contributed by atoms with Crippen LogP contribution in [0.5, 0.6) is 0 Å². The van der Waals surface area contributed by atoms with Crippen LogP contribution in [0, 0.1) is 6.92 Å². The summed E-state index contributed by atoms with van der Waals surface area (Å²) >= 11 is 0. The van der Waals surface area contributed by atoms with E-state index in [0.717, 1.165) is 11.3 Å². The Bertz CT molecular complexity index is 476. The van der Waals surface area contributed by atoms with Crippen molar-refractivity contribution >= 4 is 0 Å². The average molecular weight is 233 g/mol. The molecule has 2 aromatic rings. The van der Waals surface area contributed by atoms with Gasteiger partial charge in [0.25, 0.3) is 0 Å². The maximum absolute atomic E-state index is 5.51. The Kier molecular flexibility index (Phi) is 3.40. The van der Waals surface area contributed by atoms with Gasteiger partial charge < -0.3 is 0 Å². The molecule has 0 spiro atoms. The lowest BCUT2D eigenvalue weighted by Gasteiger charge is -2.12. The Hall–Kier alpha value is -1.86. The Morgan fingerprint density at radius 3 is 2.65 bits per heavy atom. The summed E-state index contributed by atoms with van der Waals surface area (Å²) < 4.78 is 1.65. The number of hydrazine groups is 1. The van der Waals surface area contributed by atoms with Crippen LogP contribution in [-0.2, 0) is 13.5 Å². The van der Waals surface area contributed by atoms with Crippen LogP contribution in [0.25, 0.3) is 0 Å². The normalized spacial score (nSPS) is 12.6. The summed E-state index contributed by atoms with van der Waals surface area (Å²) in [6, 6.07) is -0.160. The predicted molar refractivity (Wildman–Crippen MR) is 61.5 cm³/mol. The standard InChI is InChI=1S/C10H15N7/c1-7-4-12-10(13-5-7)9(14-11)3-8-6-17(2)16-15-8/h4-6,9,14H,3,11H2,1-2H3. The summed E-state index contributed by atoms with van der Waals surface area (Å²) in [6.45, 7) is 1.94. The van der Waals surface area contributed by atoms with E-state index in [-0.39, 0.29) is 6.04 Å². The first-order valence-corrected chi connectivity index (χ1v) is 5.29. The van der Waals surface area contributed by atoms with E-state index in [0.29, 0.717) is 12.2 Å². The predicted octanol–water partition coefficient (Wildman–Crippen LogP) is -0.339. The number of nitrogens with one attached hydrogen (secondary N) is 1. The Labute approximate surface area is 99.0 Å². The van der Waals surface area contributed by atoms with Crippen molar-refractivity contribution in [2.24, 2.45) is 12.9 Å². The van der Waals surface area contributed by atoms with Crippen molar-refractivity contribution < 1.29 is 0 Å². The molecule has 0 aliphatic carbocycles. The molecule has 0 aliphatic heterocycles. The van der Waals surface area contributed by atoms with Gasteiger partial charge in [-0.05, 0) is 12.5 Å². The number of hydrogen-bond donors (Lipinski definition) is 2. The molecule has 1 unspecified atom stereocenters. The molecule has 0 fully saturated rings. The second kappa shape index (κ2) is 4.98. The van der Waals surface area contributed by atoms with Gasteiger partial charge >= 0.3 is 0 Å². The van der Waals surface area contributed by atoms with Crippen LogP contribution in [0.2, 0.25) is 0 Å². The first-order chi connectivity index (χ1) is 8.19. The maximum Gasteiger partial charge on any atom is 0.146 e. The lowest BCUT2D eigenvalue weighted by atomic mass is 10.1. The minimum Gasteiger partial charge on any atom is -0.271 e. The number of aryl methyl sites for hydroxylation is 2. The topological polar surface area (TPSA) is 94.5 Å².